The minimum absolute atomic E-state index is 0.128. The Balaban J connectivity index is 1.62. The molecule has 1 aliphatic rings. The number of hydrogen-bond acceptors (Lipinski definition) is 4. The Hall–Kier alpha value is -2.47. The first-order valence-corrected chi connectivity index (χ1v) is 10.2. The minimum atomic E-state index is 0.128. The number of hydrogen-bond donors (Lipinski definition) is 0. The van der Waals surface area contributed by atoms with Crippen molar-refractivity contribution in [2.75, 3.05) is 33.4 Å². The molecule has 1 aromatic heterocycles. The fourth-order valence-corrected chi connectivity index (χ4v) is 3.74. The molecule has 152 valence electrons. The van der Waals surface area contributed by atoms with Crippen LogP contribution in [0.2, 0.25) is 0 Å². The van der Waals surface area contributed by atoms with Crippen molar-refractivity contribution in [3.05, 3.63) is 71.4 Å². The van der Waals surface area contributed by atoms with E-state index in [9.17, 15) is 0 Å². The summed E-state index contributed by atoms with van der Waals surface area (Å²) in [4.78, 5) is 2.29. The Morgan fingerprint density at radius 1 is 1.07 bits per heavy atom. The van der Waals surface area contributed by atoms with Crippen LogP contribution in [-0.2, 0) is 16.0 Å². The van der Waals surface area contributed by atoms with Gasteiger partial charge in [-0.3, -0.25) is 4.90 Å². The SMILES string of the molecule is Cc1ccc(-n2cc(CN(C)C[C@@H]3COCCO3)c(-c3cccc(C)c3)n2)cc1. The Kier molecular flexibility index (Phi) is 6.09. The van der Waals surface area contributed by atoms with Crippen molar-refractivity contribution in [1.29, 1.82) is 0 Å². The zero-order valence-electron chi connectivity index (χ0n) is 17.5. The fraction of sp³-hybridized carbons (Fsp3) is 0.375. The minimum Gasteiger partial charge on any atom is -0.376 e. The van der Waals surface area contributed by atoms with E-state index in [0.29, 0.717) is 19.8 Å². The number of ether oxygens (including phenoxy) is 2. The fourth-order valence-electron chi connectivity index (χ4n) is 3.74. The van der Waals surface area contributed by atoms with Crippen LogP contribution in [0.5, 0.6) is 0 Å². The van der Waals surface area contributed by atoms with E-state index in [-0.39, 0.29) is 6.10 Å². The summed E-state index contributed by atoms with van der Waals surface area (Å²) in [6.45, 7) is 7.89. The lowest BCUT2D eigenvalue weighted by Crippen LogP contribution is -2.38. The number of benzene rings is 2. The molecule has 5 nitrogen and oxygen atoms in total. The first-order valence-electron chi connectivity index (χ1n) is 10.2. The molecule has 0 N–H and O–H groups in total. The van der Waals surface area contributed by atoms with Crippen LogP contribution >= 0.6 is 0 Å². The van der Waals surface area contributed by atoms with Gasteiger partial charge >= 0.3 is 0 Å². The molecule has 4 rings (SSSR count). The van der Waals surface area contributed by atoms with Gasteiger partial charge in [-0.05, 0) is 39.1 Å². The van der Waals surface area contributed by atoms with Crippen molar-refractivity contribution in [2.24, 2.45) is 0 Å². The molecule has 0 amide bonds. The maximum atomic E-state index is 5.82. The smallest absolute Gasteiger partial charge is 0.0972 e. The molecule has 1 aliphatic heterocycles. The van der Waals surface area contributed by atoms with Crippen molar-refractivity contribution < 1.29 is 9.47 Å². The summed E-state index contributed by atoms with van der Waals surface area (Å²) in [5, 5.41) is 4.96. The van der Waals surface area contributed by atoms with Gasteiger partial charge in [0, 0.05) is 30.4 Å². The van der Waals surface area contributed by atoms with Crippen LogP contribution < -0.4 is 0 Å². The topological polar surface area (TPSA) is 39.5 Å². The van der Waals surface area contributed by atoms with E-state index in [1.54, 1.807) is 0 Å². The zero-order chi connectivity index (χ0) is 20.2. The molecule has 0 unspecified atom stereocenters. The molecular weight excluding hydrogens is 362 g/mol. The molecule has 0 spiro atoms. The van der Waals surface area contributed by atoms with Crippen LogP contribution in [0.3, 0.4) is 0 Å². The summed E-state index contributed by atoms with van der Waals surface area (Å²) in [6.07, 6.45) is 2.28. The average molecular weight is 392 g/mol. The van der Waals surface area contributed by atoms with Gasteiger partial charge in [-0.15, -0.1) is 0 Å². The maximum Gasteiger partial charge on any atom is 0.0972 e. The third-order valence-electron chi connectivity index (χ3n) is 5.22. The molecule has 1 fully saturated rings. The first-order chi connectivity index (χ1) is 14.1. The number of aryl methyl sites for hydroxylation is 2. The third kappa shape index (κ3) is 4.93. The number of aromatic nitrogens is 2. The molecule has 0 saturated carbocycles. The van der Waals surface area contributed by atoms with Gasteiger partial charge in [0.25, 0.3) is 0 Å². The Morgan fingerprint density at radius 2 is 1.90 bits per heavy atom. The molecule has 1 atom stereocenters. The molecule has 29 heavy (non-hydrogen) atoms. The largest absolute Gasteiger partial charge is 0.376 e. The Morgan fingerprint density at radius 3 is 2.62 bits per heavy atom. The van der Waals surface area contributed by atoms with Crippen LogP contribution in [0, 0.1) is 13.8 Å². The average Bonchev–Trinajstić information content (AvgIpc) is 3.13. The summed E-state index contributed by atoms with van der Waals surface area (Å²) in [6, 6.07) is 17.0. The highest BCUT2D eigenvalue weighted by Crippen LogP contribution is 2.26. The molecule has 2 aromatic carbocycles. The van der Waals surface area contributed by atoms with Crippen molar-refractivity contribution >= 4 is 0 Å². The first kappa shape index (κ1) is 19.8. The van der Waals surface area contributed by atoms with Crippen LogP contribution in [-0.4, -0.2) is 54.2 Å². The second kappa shape index (κ2) is 8.91. The predicted octanol–water partition coefficient (Wildman–Crippen LogP) is 4.00. The highest BCUT2D eigenvalue weighted by molar-refractivity contribution is 5.64. The molecule has 0 aliphatic carbocycles. The summed E-state index contributed by atoms with van der Waals surface area (Å²) in [5.41, 5.74) is 6.94. The molecular formula is C24H29N3O2. The van der Waals surface area contributed by atoms with E-state index in [2.05, 4.69) is 80.5 Å². The quantitative estimate of drug-likeness (QED) is 0.637. The van der Waals surface area contributed by atoms with Gasteiger partial charge in [-0.2, -0.15) is 5.10 Å². The van der Waals surface area contributed by atoms with E-state index in [1.165, 1.54) is 16.7 Å². The van der Waals surface area contributed by atoms with Gasteiger partial charge in [0.15, 0.2) is 0 Å². The molecule has 2 heterocycles. The third-order valence-corrected chi connectivity index (χ3v) is 5.22. The number of nitrogens with zero attached hydrogens (tertiary/aromatic N) is 3. The highest BCUT2D eigenvalue weighted by atomic mass is 16.6. The van der Waals surface area contributed by atoms with E-state index >= 15 is 0 Å². The van der Waals surface area contributed by atoms with Gasteiger partial charge in [0.1, 0.15) is 0 Å². The van der Waals surface area contributed by atoms with Crippen LogP contribution in [0.1, 0.15) is 16.7 Å². The summed E-state index contributed by atoms with van der Waals surface area (Å²) < 4.78 is 13.3. The molecule has 0 bridgehead atoms. The normalized spacial score (nSPS) is 17.0. The van der Waals surface area contributed by atoms with Crippen molar-refractivity contribution in [3.63, 3.8) is 0 Å². The van der Waals surface area contributed by atoms with Crippen LogP contribution in [0.25, 0.3) is 16.9 Å². The summed E-state index contributed by atoms with van der Waals surface area (Å²) in [7, 11) is 2.13. The molecule has 3 aromatic rings. The summed E-state index contributed by atoms with van der Waals surface area (Å²) in [5.74, 6) is 0. The molecule has 5 heteroatoms. The molecule has 1 saturated heterocycles. The monoisotopic (exact) mass is 391 g/mol. The van der Waals surface area contributed by atoms with Gasteiger partial charge in [-0.1, -0.05) is 41.5 Å². The zero-order valence-corrected chi connectivity index (χ0v) is 17.5. The number of rotatable bonds is 6. The second-order valence-electron chi connectivity index (χ2n) is 7.92. The molecule has 0 radical (unpaired) electrons. The van der Waals surface area contributed by atoms with Gasteiger partial charge in [-0.25, -0.2) is 4.68 Å². The number of likely N-dealkylation sites (N-methyl/N-ethyl adjacent to an activating group) is 1. The van der Waals surface area contributed by atoms with E-state index in [0.717, 1.165) is 30.0 Å². The lowest BCUT2D eigenvalue weighted by atomic mass is 10.1. The van der Waals surface area contributed by atoms with Gasteiger partial charge < -0.3 is 9.47 Å². The standard InChI is InChI=1S/C24H29N3O2/c1-18-7-9-22(10-8-18)27-15-21(14-26(3)16-23-17-28-11-12-29-23)24(25-27)20-6-4-5-19(2)13-20/h4-10,13,15,23H,11-12,14,16-17H2,1-3H3/t23-/m1/s1. The highest BCUT2D eigenvalue weighted by Gasteiger charge is 2.19. The van der Waals surface area contributed by atoms with Crippen LogP contribution in [0.4, 0.5) is 0 Å². The van der Waals surface area contributed by atoms with E-state index in [1.807, 2.05) is 4.68 Å². The van der Waals surface area contributed by atoms with E-state index in [4.69, 9.17) is 14.6 Å². The van der Waals surface area contributed by atoms with Crippen LogP contribution in [0.15, 0.2) is 54.7 Å². The van der Waals surface area contributed by atoms with Crippen molar-refractivity contribution in [1.82, 2.24) is 14.7 Å². The summed E-state index contributed by atoms with van der Waals surface area (Å²) >= 11 is 0. The Labute approximate surface area is 172 Å². The lowest BCUT2D eigenvalue weighted by molar-refractivity contribution is -0.0962. The lowest BCUT2D eigenvalue weighted by Gasteiger charge is -2.27. The van der Waals surface area contributed by atoms with Gasteiger partial charge in [0.2, 0.25) is 0 Å². The van der Waals surface area contributed by atoms with Gasteiger partial charge in [0.05, 0.1) is 37.3 Å². The Bertz CT molecular complexity index is 943. The second-order valence-corrected chi connectivity index (χ2v) is 7.92. The van der Waals surface area contributed by atoms with E-state index < -0.39 is 0 Å². The maximum absolute atomic E-state index is 5.82. The van der Waals surface area contributed by atoms with Crippen molar-refractivity contribution in [3.8, 4) is 16.9 Å². The van der Waals surface area contributed by atoms with Crippen molar-refractivity contribution in [2.45, 2.75) is 26.5 Å². The predicted molar refractivity (Wildman–Crippen MR) is 115 cm³/mol.